The molecule has 200 valence electrons. The Kier molecular flexibility index (Phi) is 16.2. The molecule has 1 aromatic carbocycles. The van der Waals surface area contributed by atoms with Crippen LogP contribution < -0.4 is 0 Å². The standard InChI is InChI=1S/C20H25BrN2OS.C4H5NO.C2H6O.C2H6/c1-3-4-5-15-6-7-16(9-19(15)21)20(24)23-11-14(2)8-18(23)10-17-12-25-13-22-17;1-4-2-3-5-6-4;1-3-2;1-2/h6-7,9,12-14,18H,3-5,8,10-11H2,1-2H3;2-3H,1H3;1-2H3;1-2H3. The van der Waals surface area contributed by atoms with Gasteiger partial charge in [0.15, 0.2) is 0 Å². The largest absolute Gasteiger partial charge is 0.388 e. The van der Waals surface area contributed by atoms with Crippen LogP contribution in [0.15, 0.2) is 50.3 Å². The van der Waals surface area contributed by atoms with Crippen LogP contribution in [0.1, 0.15) is 74.3 Å². The van der Waals surface area contributed by atoms with Crippen LogP contribution in [0.5, 0.6) is 0 Å². The molecule has 0 saturated carbocycles. The average molecular weight is 581 g/mol. The predicted octanol–water partition coefficient (Wildman–Crippen LogP) is 7.61. The van der Waals surface area contributed by atoms with Gasteiger partial charge in [-0.3, -0.25) is 4.79 Å². The van der Waals surface area contributed by atoms with E-state index in [2.05, 4.69) is 65.5 Å². The Morgan fingerprint density at radius 2 is 2.00 bits per heavy atom. The summed E-state index contributed by atoms with van der Waals surface area (Å²) in [5.74, 6) is 1.54. The van der Waals surface area contributed by atoms with E-state index in [0.717, 1.165) is 47.3 Å². The Labute approximate surface area is 229 Å². The Morgan fingerprint density at radius 3 is 2.50 bits per heavy atom. The van der Waals surface area contributed by atoms with Crippen LogP contribution in [0.2, 0.25) is 0 Å². The van der Waals surface area contributed by atoms with Crippen molar-refractivity contribution in [3.8, 4) is 0 Å². The molecule has 3 heterocycles. The quantitative estimate of drug-likeness (QED) is 0.300. The van der Waals surface area contributed by atoms with E-state index >= 15 is 0 Å². The fourth-order valence-electron chi connectivity index (χ4n) is 3.87. The molecular weight excluding hydrogens is 538 g/mol. The molecule has 0 radical (unpaired) electrons. The number of nitrogens with zero attached hydrogens (tertiary/aromatic N) is 3. The maximum Gasteiger partial charge on any atom is 0.254 e. The molecular formula is C28H42BrN3O3S. The molecule has 1 fully saturated rings. The molecule has 4 rings (SSSR count). The summed E-state index contributed by atoms with van der Waals surface area (Å²) < 4.78 is 9.88. The van der Waals surface area contributed by atoms with E-state index in [1.807, 2.05) is 38.4 Å². The minimum Gasteiger partial charge on any atom is -0.388 e. The second kappa shape index (κ2) is 18.3. The number of amides is 1. The molecule has 1 aliphatic rings. The van der Waals surface area contributed by atoms with Gasteiger partial charge in [0.2, 0.25) is 0 Å². The number of aromatic nitrogens is 2. The molecule has 2 aromatic heterocycles. The lowest BCUT2D eigenvalue weighted by molar-refractivity contribution is 0.0732. The number of thiazole rings is 1. The summed E-state index contributed by atoms with van der Waals surface area (Å²) in [5.41, 5.74) is 5.03. The molecule has 2 unspecified atom stereocenters. The topological polar surface area (TPSA) is 68.5 Å². The number of carbonyl (C=O) groups excluding carboxylic acids is 1. The molecule has 36 heavy (non-hydrogen) atoms. The van der Waals surface area contributed by atoms with Gasteiger partial charge >= 0.3 is 0 Å². The first-order valence-corrected chi connectivity index (χ1v) is 14.4. The van der Waals surface area contributed by atoms with Gasteiger partial charge in [-0.25, -0.2) is 4.98 Å². The minimum absolute atomic E-state index is 0.146. The SMILES string of the molecule is CC.CCCCc1ccc(C(=O)N2CC(C)CC2Cc2cscn2)cc1Br.COC.Cc1ccno1. The summed E-state index contributed by atoms with van der Waals surface area (Å²) >= 11 is 5.27. The third kappa shape index (κ3) is 10.9. The van der Waals surface area contributed by atoms with Gasteiger partial charge in [0.1, 0.15) is 5.76 Å². The fraction of sp³-hybridized carbons (Fsp3) is 0.536. The second-order valence-corrected chi connectivity index (χ2v) is 10.2. The van der Waals surface area contributed by atoms with Crippen molar-refractivity contribution in [2.45, 2.75) is 72.8 Å². The Balaban J connectivity index is 0.000000494. The van der Waals surface area contributed by atoms with Crippen molar-refractivity contribution in [1.29, 1.82) is 0 Å². The van der Waals surface area contributed by atoms with Crippen LogP contribution in [0.4, 0.5) is 0 Å². The Morgan fingerprint density at radius 1 is 1.28 bits per heavy atom. The summed E-state index contributed by atoms with van der Waals surface area (Å²) in [6.07, 6.45) is 6.94. The Hall–Kier alpha value is -2.03. The number of carbonyl (C=O) groups is 1. The van der Waals surface area contributed by atoms with Gasteiger partial charge < -0.3 is 14.2 Å². The molecule has 1 saturated heterocycles. The molecule has 0 aliphatic carbocycles. The van der Waals surface area contributed by atoms with Crippen molar-refractivity contribution in [1.82, 2.24) is 15.0 Å². The number of methoxy groups -OCH3 is 1. The number of likely N-dealkylation sites (tertiary alicyclic amines) is 1. The van der Waals surface area contributed by atoms with Crippen LogP contribution in [0, 0.1) is 12.8 Å². The van der Waals surface area contributed by atoms with E-state index in [0.29, 0.717) is 5.92 Å². The number of ether oxygens (including phenoxy) is 1. The maximum absolute atomic E-state index is 13.1. The van der Waals surface area contributed by atoms with Gasteiger partial charge in [0, 0.05) is 54.7 Å². The zero-order valence-corrected chi connectivity index (χ0v) is 25.2. The molecule has 0 bridgehead atoms. The molecule has 2 atom stereocenters. The highest BCUT2D eigenvalue weighted by Gasteiger charge is 2.34. The highest BCUT2D eigenvalue weighted by molar-refractivity contribution is 9.10. The minimum atomic E-state index is 0.146. The van der Waals surface area contributed by atoms with Crippen molar-refractivity contribution in [3.05, 3.63) is 68.4 Å². The van der Waals surface area contributed by atoms with E-state index in [9.17, 15) is 4.79 Å². The monoisotopic (exact) mass is 579 g/mol. The average Bonchev–Trinajstić information content (AvgIpc) is 3.64. The first kappa shape index (κ1) is 32.0. The van der Waals surface area contributed by atoms with Crippen molar-refractivity contribution in [2.75, 3.05) is 20.8 Å². The number of hydrogen-bond donors (Lipinski definition) is 0. The van der Waals surface area contributed by atoms with Crippen molar-refractivity contribution in [3.63, 3.8) is 0 Å². The zero-order valence-electron chi connectivity index (χ0n) is 22.8. The number of benzene rings is 1. The van der Waals surface area contributed by atoms with Crippen molar-refractivity contribution >= 4 is 33.2 Å². The van der Waals surface area contributed by atoms with E-state index in [1.165, 1.54) is 18.4 Å². The molecule has 0 N–H and O–H groups in total. The van der Waals surface area contributed by atoms with E-state index in [4.69, 9.17) is 0 Å². The van der Waals surface area contributed by atoms with Crippen LogP contribution in [-0.4, -0.2) is 47.8 Å². The van der Waals surface area contributed by atoms with Gasteiger partial charge in [-0.2, -0.15) is 0 Å². The van der Waals surface area contributed by atoms with Gasteiger partial charge in [-0.1, -0.05) is 61.3 Å². The third-order valence-corrected chi connectivity index (χ3v) is 6.85. The maximum atomic E-state index is 13.1. The smallest absolute Gasteiger partial charge is 0.254 e. The highest BCUT2D eigenvalue weighted by Crippen LogP contribution is 2.29. The van der Waals surface area contributed by atoms with Crippen LogP contribution in [-0.2, 0) is 17.6 Å². The van der Waals surface area contributed by atoms with Gasteiger partial charge in [-0.15, -0.1) is 11.3 Å². The fourth-order valence-corrected chi connectivity index (χ4v) is 5.02. The van der Waals surface area contributed by atoms with Crippen LogP contribution in [0.25, 0.3) is 0 Å². The summed E-state index contributed by atoms with van der Waals surface area (Å²) in [7, 11) is 3.25. The molecule has 8 heteroatoms. The molecule has 1 amide bonds. The predicted molar refractivity (Wildman–Crippen MR) is 153 cm³/mol. The third-order valence-electron chi connectivity index (χ3n) is 5.48. The number of hydrogen-bond acceptors (Lipinski definition) is 6. The summed E-state index contributed by atoms with van der Waals surface area (Å²) in [5, 5.41) is 5.53. The van der Waals surface area contributed by atoms with Gasteiger partial charge in [0.25, 0.3) is 5.91 Å². The van der Waals surface area contributed by atoms with Gasteiger partial charge in [-0.05, 0) is 49.8 Å². The Bertz CT molecular complexity index is 965. The van der Waals surface area contributed by atoms with E-state index < -0.39 is 0 Å². The molecule has 0 spiro atoms. The lowest BCUT2D eigenvalue weighted by Gasteiger charge is -2.24. The first-order chi connectivity index (χ1) is 17.4. The number of halogens is 1. The zero-order chi connectivity index (χ0) is 26.9. The summed E-state index contributed by atoms with van der Waals surface area (Å²) in [6.45, 7) is 11.1. The molecule has 6 nitrogen and oxygen atoms in total. The van der Waals surface area contributed by atoms with Crippen molar-refractivity contribution in [2.24, 2.45) is 5.92 Å². The molecule has 3 aromatic rings. The summed E-state index contributed by atoms with van der Waals surface area (Å²) in [6, 6.07) is 8.14. The van der Waals surface area contributed by atoms with Crippen LogP contribution >= 0.6 is 27.3 Å². The van der Waals surface area contributed by atoms with E-state index in [1.54, 1.807) is 37.8 Å². The molecule has 1 aliphatic heterocycles. The normalized spacial score (nSPS) is 16.2. The van der Waals surface area contributed by atoms with Crippen molar-refractivity contribution < 1.29 is 14.1 Å². The number of aryl methyl sites for hydroxylation is 2. The lowest BCUT2D eigenvalue weighted by atomic mass is 10.0. The first-order valence-electron chi connectivity index (χ1n) is 12.6. The lowest BCUT2D eigenvalue weighted by Crippen LogP contribution is -2.37. The van der Waals surface area contributed by atoms with Crippen LogP contribution in [0.3, 0.4) is 0 Å². The van der Waals surface area contributed by atoms with E-state index in [-0.39, 0.29) is 11.9 Å². The highest BCUT2D eigenvalue weighted by atomic mass is 79.9. The number of unbranched alkanes of at least 4 members (excludes halogenated alkanes) is 1. The van der Waals surface area contributed by atoms with Gasteiger partial charge in [0.05, 0.1) is 17.4 Å². The second-order valence-electron chi connectivity index (χ2n) is 8.58. The summed E-state index contributed by atoms with van der Waals surface area (Å²) in [4.78, 5) is 19.5. The number of rotatable bonds is 6.